The number of rotatable bonds is 5. The number of hydrogen-bond acceptors (Lipinski definition) is 3. The zero-order valence-corrected chi connectivity index (χ0v) is 10.2. The number of carbonyl (C=O) groups is 1. The first-order valence-electron chi connectivity index (χ1n) is 5.92. The van der Waals surface area contributed by atoms with Crippen molar-refractivity contribution in [2.24, 2.45) is 5.92 Å². The maximum Gasteiger partial charge on any atom is 0.341 e. The van der Waals surface area contributed by atoms with Gasteiger partial charge in [0.15, 0.2) is 0 Å². The molecule has 4 heteroatoms. The van der Waals surface area contributed by atoms with Crippen molar-refractivity contribution < 1.29 is 14.6 Å². The Morgan fingerprint density at radius 3 is 2.82 bits per heavy atom. The highest BCUT2D eigenvalue weighted by atomic mass is 16.5. The van der Waals surface area contributed by atoms with E-state index < -0.39 is 5.97 Å². The second-order valence-corrected chi connectivity index (χ2v) is 4.61. The summed E-state index contributed by atoms with van der Waals surface area (Å²) in [5.41, 5.74) is 1.49. The number of hydrogen-bond donors (Lipinski definition) is 1. The van der Waals surface area contributed by atoms with Crippen LogP contribution in [0.1, 0.15) is 41.0 Å². The fourth-order valence-corrected chi connectivity index (χ4v) is 1.91. The molecule has 4 nitrogen and oxygen atoms in total. The average Bonchev–Trinajstić information content (AvgIpc) is 2.99. The van der Waals surface area contributed by atoms with Gasteiger partial charge in [0, 0.05) is 11.8 Å². The normalized spacial score (nSPS) is 14.7. The highest BCUT2D eigenvalue weighted by Crippen LogP contribution is 2.32. The van der Waals surface area contributed by atoms with Crippen LogP contribution in [0.5, 0.6) is 5.75 Å². The number of aryl methyl sites for hydroxylation is 2. The quantitative estimate of drug-likeness (QED) is 0.852. The minimum absolute atomic E-state index is 0.186. The fourth-order valence-electron chi connectivity index (χ4n) is 1.91. The lowest BCUT2D eigenvalue weighted by Gasteiger charge is -2.11. The molecule has 0 radical (unpaired) electrons. The number of pyridine rings is 1. The van der Waals surface area contributed by atoms with Crippen molar-refractivity contribution in [1.82, 2.24) is 4.98 Å². The molecule has 1 N–H and O–H groups in total. The van der Waals surface area contributed by atoms with E-state index in [1.807, 2.05) is 6.92 Å². The number of ether oxygens (including phenoxy) is 1. The smallest absolute Gasteiger partial charge is 0.341 e. The molecule has 1 saturated carbocycles. The van der Waals surface area contributed by atoms with Gasteiger partial charge in [-0.15, -0.1) is 0 Å². The van der Waals surface area contributed by atoms with Crippen LogP contribution in [0.4, 0.5) is 0 Å². The Balaban J connectivity index is 2.14. The van der Waals surface area contributed by atoms with Crippen molar-refractivity contribution in [3.05, 3.63) is 23.0 Å². The Labute approximate surface area is 101 Å². The van der Waals surface area contributed by atoms with Crippen molar-refractivity contribution in [2.45, 2.75) is 33.1 Å². The molecule has 1 aromatic heterocycles. The van der Waals surface area contributed by atoms with Gasteiger partial charge in [0.2, 0.25) is 0 Å². The number of aromatic nitrogens is 1. The molecule has 1 fully saturated rings. The standard InChI is InChI=1S/C13H17NO3/c1-8-7-11(17-6-5-10-3-4-10)12(13(15)16)9(2)14-8/h7,10H,3-6H2,1-2H3,(H,15,16). The monoisotopic (exact) mass is 235 g/mol. The Morgan fingerprint density at radius 2 is 2.24 bits per heavy atom. The lowest BCUT2D eigenvalue weighted by atomic mass is 10.1. The first kappa shape index (κ1) is 11.9. The number of aromatic carboxylic acids is 1. The Morgan fingerprint density at radius 1 is 1.53 bits per heavy atom. The van der Waals surface area contributed by atoms with Gasteiger partial charge in [-0.1, -0.05) is 12.8 Å². The third kappa shape index (κ3) is 2.96. The molecule has 1 heterocycles. The summed E-state index contributed by atoms with van der Waals surface area (Å²) in [5, 5.41) is 9.14. The summed E-state index contributed by atoms with van der Waals surface area (Å²) in [4.78, 5) is 15.3. The number of nitrogens with zero attached hydrogens (tertiary/aromatic N) is 1. The van der Waals surface area contributed by atoms with E-state index in [0.29, 0.717) is 18.1 Å². The molecule has 2 rings (SSSR count). The van der Waals surface area contributed by atoms with Crippen molar-refractivity contribution in [3.8, 4) is 5.75 Å². The maximum absolute atomic E-state index is 11.1. The van der Waals surface area contributed by atoms with E-state index in [0.717, 1.165) is 18.0 Å². The van der Waals surface area contributed by atoms with Crippen LogP contribution in [0.25, 0.3) is 0 Å². The predicted molar refractivity (Wildman–Crippen MR) is 63.5 cm³/mol. The van der Waals surface area contributed by atoms with E-state index >= 15 is 0 Å². The van der Waals surface area contributed by atoms with Gasteiger partial charge >= 0.3 is 5.97 Å². The molecule has 1 aliphatic rings. The molecule has 0 bridgehead atoms. The molecule has 17 heavy (non-hydrogen) atoms. The lowest BCUT2D eigenvalue weighted by molar-refractivity contribution is 0.0690. The fraction of sp³-hybridized carbons (Fsp3) is 0.538. The van der Waals surface area contributed by atoms with E-state index in [2.05, 4.69) is 4.98 Å². The second kappa shape index (κ2) is 4.73. The molecule has 0 aromatic carbocycles. The van der Waals surface area contributed by atoms with E-state index in [4.69, 9.17) is 9.84 Å². The van der Waals surface area contributed by atoms with Gasteiger partial charge in [0.05, 0.1) is 12.3 Å². The Hall–Kier alpha value is -1.58. The van der Waals surface area contributed by atoms with E-state index in [-0.39, 0.29) is 5.56 Å². The molecule has 0 spiro atoms. The molecule has 0 atom stereocenters. The number of carboxylic acids is 1. The van der Waals surface area contributed by atoms with Crippen LogP contribution in [-0.2, 0) is 0 Å². The Kier molecular flexibility index (Phi) is 3.31. The maximum atomic E-state index is 11.1. The second-order valence-electron chi connectivity index (χ2n) is 4.61. The molecule has 92 valence electrons. The molecule has 1 aliphatic carbocycles. The zero-order chi connectivity index (χ0) is 12.4. The van der Waals surface area contributed by atoms with Crippen LogP contribution >= 0.6 is 0 Å². The van der Waals surface area contributed by atoms with Gasteiger partial charge in [-0.2, -0.15) is 0 Å². The average molecular weight is 235 g/mol. The topological polar surface area (TPSA) is 59.4 Å². The highest BCUT2D eigenvalue weighted by molar-refractivity contribution is 5.92. The Bertz CT molecular complexity index is 439. The van der Waals surface area contributed by atoms with E-state index in [1.54, 1.807) is 13.0 Å². The molecule has 0 saturated heterocycles. The highest BCUT2D eigenvalue weighted by Gasteiger charge is 2.22. The van der Waals surface area contributed by atoms with Crippen molar-refractivity contribution in [1.29, 1.82) is 0 Å². The molecule has 0 amide bonds. The largest absolute Gasteiger partial charge is 0.493 e. The third-order valence-electron chi connectivity index (χ3n) is 2.99. The molecule has 1 aromatic rings. The van der Waals surface area contributed by atoms with Crippen LogP contribution in [0.15, 0.2) is 6.07 Å². The van der Waals surface area contributed by atoms with Crippen LogP contribution in [-0.4, -0.2) is 22.7 Å². The summed E-state index contributed by atoms with van der Waals surface area (Å²) >= 11 is 0. The van der Waals surface area contributed by atoms with Gasteiger partial charge < -0.3 is 9.84 Å². The van der Waals surface area contributed by atoms with Gasteiger partial charge in [0.25, 0.3) is 0 Å². The number of carboxylic acid groups (broad SMARTS) is 1. The summed E-state index contributed by atoms with van der Waals surface area (Å²) in [7, 11) is 0. The molecular weight excluding hydrogens is 218 g/mol. The molecule has 0 unspecified atom stereocenters. The van der Waals surface area contributed by atoms with Crippen LogP contribution in [0.3, 0.4) is 0 Å². The van der Waals surface area contributed by atoms with E-state index in [1.165, 1.54) is 12.8 Å². The van der Waals surface area contributed by atoms with Gasteiger partial charge in [0.1, 0.15) is 11.3 Å². The predicted octanol–water partition coefficient (Wildman–Crippen LogP) is 2.58. The minimum Gasteiger partial charge on any atom is -0.493 e. The van der Waals surface area contributed by atoms with Crippen LogP contribution in [0, 0.1) is 19.8 Å². The summed E-state index contributed by atoms with van der Waals surface area (Å²) in [6, 6.07) is 1.70. The minimum atomic E-state index is -0.976. The van der Waals surface area contributed by atoms with Crippen molar-refractivity contribution >= 4 is 5.97 Å². The third-order valence-corrected chi connectivity index (χ3v) is 2.99. The lowest BCUT2D eigenvalue weighted by Crippen LogP contribution is -2.09. The van der Waals surface area contributed by atoms with E-state index in [9.17, 15) is 4.79 Å². The first-order chi connectivity index (χ1) is 8.08. The van der Waals surface area contributed by atoms with Gasteiger partial charge in [-0.25, -0.2) is 4.79 Å². The van der Waals surface area contributed by atoms with Crippen molar-refractivity contribution in [3.63, 3.8) is 0 Å². The summed E-state index contributed by atoms with van der Waals surface area (Å²) < 4.78 is 5.59. The summed E-state index contributed by atoms with van der Waals surface area (Å²) in [6.45, 7) is 4.13. The SMILES string of the molecule is Cc1cc(OCCC2CC2)c(C(=O)O)c(C)n1. The molecule has 0 aliphatic heterocycles. The summed E-state index contributed by atoms with van der Waals surface area (Å²) in [6.07, 6.45) is 3.58. The summed E-state index contributed by atoms with van der Waals surface area (Å²) in [5.74, 6) is 0.256. The zero-order valence-electron chi connectivity index (χ0n) is 10.2. The van der Waals surface area contributed by atoms with Gasteiger partial charge in [-0.05, 0) is 26.2 Å². The van der Waals surface area contributed by atoms with Crippen LogP contribution in [0.2, 0.25) is 0 Å². The first-order valence-corrected chi connectivity index (χ1v) is 5.92. The van der Waals surface area contributed by atoms with Gasteiger partial charge in [-0.3, -0.25) is 4.98 Å². The van der Waals surface area contributed by atoms with Crippen molar-refractivity contribution in [2.75, 3.05) is 6.61 Å². The van der Waals surface area contributed by atoms with Crippen LogP contribution < -0.4 is 4.74 Å². The molecular formula is C13H17NO3.